The number of nitrogens with one attached hydrogen (secondary N) is 1. The molecule has 0 radical (unpaired) electrons. The van der Waals surface area contributed by atoms with Crippen molar-refractivity contribution in [3.63, 3.8) is 0 Å². The van der Waals surface area contributed by atoms with Crippen molar-refractivity contribution >= 4 is 17.6 Å². The molecule has 1 atom stereocenters. The van der Waals surface area contributed by atoms with Crippen LogP contribution < -0.4 is 10.2 Å². The molecule has 0 unspecified atom stereocenters. The number of likely N-dealkylation sites (tertiary alicyclic amines) is 1. The third-order valence-corrected chi connectivity index (χ3v) is 5.08. The number of rotatable bonds is 4. The van der Waals surface area contributed by atoms with Crippen LogP contribution in [0, 0.1) is 0 Å². The van der Waals surface area contributed by atoms with Crippen LogP contribution in [0.15, 0.2) is 24.3 Å². The molecule has 7 nitrogen and oxygen atoms in total. The first-order valence-corrected chi connectivity index (χ1v) is 9.20. The quantitative estimate of drug-likeness (QED) is 0.844. The molecule has 3 amide bonds. The molecule has 0 bridgehead atoms. The zero-order valence-corrected chi connectivity index (χ0v) is 15.6. The minimum atomic E-state index is -0.742. The number of hydrogen-bond acceptors (Lipinski definition) is 4. The average molecular weight is 360 g/mol. The number of aliphatic hydroxyl groups is 1. The second-order valence-electron chi connectivity index (χ2n) is 7.54. The molecule has 142 valence electrons. The lowest BCUT2D eigenvalue weighted by atomic mass is 9.94. The Hall–Kier alpha value is -2.12. The fourth-order valence-electron chi connectivity index (χ4n) is 3.84. The first-order valence-electron chi connectivity index (χ1n) is 9.20. The molecule has 2 saturated heterocycles. The van der Waals surface area contributed by atoms with Gasteiger partial charge in [-0.1, -0.05) is 6.07 Å². The van der Waals surface area contributed by atoms with Crippen LogP contribution in [0.25, 0.3) is 0 Å². The number of carbonyl (C=O) groups excluding carboxylic acids is 2. The summed E-state index contributed by atoms with van der Waals surface area (Å²) >= 11 is 0. The highest BCUT2D eigenvalue weighted by Gasteiger charge is 2.32. The van der Waals surface area contributed by atoms with Gasteiger partial charge in [0.05, 0.1) is 5.60 Å². The summed E-state index contributed by atoms with van der Waals surface area (Å²) in [5.74, 6) is -0.0411. The number of urea groups is 1. The predicted octanol–water partition coefficient (Wildman–Crippen LogP) is 1.13. The summed E-state index contributed by atoms with van der Waals surface area (Å²) in [5, 5.41) is 13.6. The second-order valence-corrected chi connectivity index (χ2v) is 7.54. The Morgan fingerprint density at radius 2 is 2.08 bits per heavy atom. The van der Waals surface area contributed by atoms with Crippen molar-refractivity contribution in [2.75, 3.05) is 51.7 Å². The topological polar surface area (TPSA) is 76.1 Å². The lowest BCUT2D eigenvalue weighted by molar-refractivity contribution is 0.00305. The van der Waals surface area contributed by atoms with E-state index >= 15 is 0 Å². The lowest BCUT2D eigenvalue weighted by Crippen LogP contribution is -2.41. The summed E-state index contributed by atoms with van der Waals surface area (Å²) in [6, 6.07) is 7.10. The number of carbonyl (C=O) groups is 2. The van der Waals surface area contributed by atoms with E-state index in [4.69, 9.17) is 0 Å². The third-order valence-electron chi connectivity index (χ3n) is 5.08. The van der Waals surface area contributed by atoms with Gasteiger partial charge in [0, 0.05) is 44.0 Å². The molecule has 2 aliphatic rings. The minimum absolute atomic E-state index is 0.0411. The van der Waals surface area contributed by atoms with Crippen LogP contribution in [-0.2, 0) is 0 Å². The van der Waals surface area contributed by atoms with E-state index in [1.54, 1.807) is 17.0 Å². The third kappa shape index (κ3) is 4.16. The van der Waals surface area contributed by atoms with Gasteiger partial charge in [-0.3, -0.25) is 9.69 Å². The van der Waals surface area contributed by atoms with E-state index in [0.29, 0.717) is 51.1 Å². The highest BCUT2D eigenvalue weighted by molar-refractivity contribution is 5.98. The Balaban J connectivity index is 1.70. The van der Waals surface area contributed by atoms with Gasteiger partial charge in [0.25, 0.3) is 5.91 Å². The molecule has 2 fully saturated rings. The van der Waals surface area contributed by atoms with Crippen LogP contribution in [-0.4, -0.2) is 79.3 Å². The molecular formula is C19H28N4O3. The van der Waals surface area contributed by atoms with Crippen LogP contribution in [0.5, 0.6) is 0 Å². The van der Waals surface area contributed by atoms with Gasteiger partial charge < -0.3 is 20.2 Å². The Morgan fingerprint density at radius 1 is 1.27 bits per heavy atom. The van der Waals surface area contributed by atoms with Crippen molar-refractivity contribution in [3.05, 3.63) is 29.8 Å². The molecule has 1 aromatic carbocycles. The largest absolute Gasteiger partial charge is 0.388 e. The number of anilines is 1. The summed E-state index contributed by atoms with van der Waals surface area (Å²) in [4.78, 5) is 30.3. The molecule has 0 saturated carbocycles. The predicted molar refractivity (Wildman–Crippen MR) is 100 cm³/mol. The van der Waals surface area contributed by atoms with Crippen molar-refractivity contribution in [2.24, 2.45) is 0 Å². The van der Waals surface area contributed by atoms with E-state index < -0.39 is 5.60 Å². The number of amides is 3. The maximum Gasteiger partial charge on any atom is 0.321 e. The Labute approximate surface area is 154 Å². The molecule has 1 aromatic rings. The van der Waals surface area contributed by atoms with Gasteiger partial charge in [0.15, 0.2) is 0 Å². The first kappa shape index (κ1) is 18.7. The molecule has 2 heterocycles. The van der Waals surface area contributed by atoms with Crippen molar-refractivity contribution in [1.82, 2.24) is 15.1 Å². The molecule has 26 heavy (non-hydrogen) atoms. The fraction of sp³-hybridized carbons (Fsp3) is 0.579. The Kier molecular flexibility index (Phi) is 5.48. The maximum absolute atomic E-state index is 12.9. The zero-order valence-electron chi connectivity index (χ0n) is 15.6. The number of likely N-dealkylation sites (N-methyl/N-ethyl adjacent to an activating group) is 1. The summed E-state index contributed by atoms with van der Waals surface area (Å²) in [7, 11) is 3.90. The van der Waals surface area contributed by atoms with Gasteiger partial charge >= 0.3 is 6.03 Å². The van der Waals surface area contributed by atoms with Crippen molar-refractivity contribution in [2.45, 2.75) is 24.9 Å². The van der Waals surface area contributed by atoms with E-state index in [-0.39, 0.29) is 11.9 Å². The van der Waals surface area contributed by atoms with Gasteiger partial charge in [-0.15, -0.1) is 0 Å². The molecule has 0 aliphatic carbocycles. The normalized spacial score (nSPS) is 23.9. The summed E-state index contributed by atoms with van der Waals surface area (Å²) < 4.78 is 0. The van der Waals surface area contributed by atoms with Crippen molar-refractivity contribution < 1.29 is 14.7 Å². The van der Waals surface area contributed by atoms with Crippen LogP contribution >= 0.6 is 0 Å². The molecule has 2 aliphatic heterocycles. The minimum Gasteiger partial charge on any atom is -0.388 e. The highest BCUT2D eigenvalue weighted by atomic mass is 16.3. The average Bonchev–Trinajstić information content (AvgIpc) is 2.93. The molecule has 0 aromatic heterocycles. The van der Waals surface area contributed by atoms with Crippen molar-refractivity contribution in [1.29, 1.82) is 0 Å². The van der Waals surface area contributed by atoms with Gasteiger partial charge in [-0.25, -0.2) is 4.79 Å². The molecule has 3 rings (SSSR count). The number of nitrogens with zero attached hydrogens (tertiary/aromatic N) is 3. The maximum atomic E-state index is 12.9. The van der Waals surface area contributed by atoms with Crippen LogP contribution in [0.3, 0.4) is 0 Å². The molecule has 0 spiro atoms. The van der Waals surface area contributed by atoms with Crippen LogP contribution in [0.2, 0.25) is 0 Å². The standard InChI is InChI=1S/C19H28N4O3/c1-21(2)14-19(26)7-4-10-22(11-8-19)17(24)15-5-3-6-16(13-15)23-12-9-20-18(23)25/h3,5-6,13,26H,4,7-12,14H2,1-2H3,(H,20,25)/t19-/m1/s1. The molecule has 2 N–H and O–H groups in total. The molecular weight excluding hydrogens is 332 g/mol. The van der Waals surface area contributed by atoms with E-state index in [1.165, 1.54) is 0 Å². The van der Waals surface area contributed by atoms with Gasteiger partial charge in [0.1, 0.15) is 0 Å². The first-order chi connectivity index (χ1) is 12.4. The Morgan fingerprint density at radius 3 is 2.77 bits per heavy atom. The SMILES string of the molecule is CN(C)C[C@@]1(O)CCCN(C(=O)c2cccc(N3CCNC3=O)c2)CC1. The summed E-state index contributed by atoms with van der Waals surface area (Å²) in [5.41, 5.74) is 0.582. The Bertz CT molecular complexity index is 679. The summed E-state index contributed by atoms with van der Waals surface area (Å²) in [6.07, 6.45) is 2.05. The van der Waals surface area contributed by atoms with E-state index in [1.807, 2.05) is 36.0 Å². The lowest BCUT2D eigenvalue weighted by Gasteiger charge is -2.30. The smallest absolute Gasteiger partial charge is 0.321 e. The van der Waals surface area contributed by atoms with E-state index in [0.717, 1.165) is 12.1 Å². The van der Waals surface area contributed by atoms with Crippen LogP contribution in [0.4, 0.5) is 10.5 Å². The summed E-state index contributed by atoms with van der Waals surface area (Å²) in [6.45, 7) is 3.01. The van der Waals surface area contributed by atoms with Crippen LogP contribution in [0.1, 0.15) is 29.6 Å². The van der Waals surface area contributed by atoms with Crippen molar-refractivity contribution in [3.8, 4) is 0 Å². The van der Waals surface area contributed by atoms with Gasteiger partial charge in [0.2, 0.25) is 0 Å². The number of hydrogen-bond donors (Lipinski definition) is 2. The number of benzene rings is 1. The second kappa shape index (κ2) is 7.63. The van der Waals surface area contributed by atoms with Gasteiger partial charge in [-0.05, 0) is 51.6 Å². The van der Waals surface area contributed by atoms with E-state index in [9.17, 15) is 14.7 Å². The monoisotopic (exact) mass is 360 g/mol. The van der Waals surface area contributed by atoms with E-state index in [2.05, 4.69) is 5.32 Å². The highest BCUT2D eigenvalue weighted by Crippen LogP contribution is 2.25. The molecule has 7 heteroatoms. The fourth-order valence-corrected chi connectivity index (χ4v) is 3.84. The van der Waals surface area contributed by atoms with Gasteiger partial charge in [-0.2, -0.15) is 0 Å². The zero-order chi connectivity index (χ0) is 18.7.